The Morgan fingerprint density at radius 1 is 1.37 bits per heavy atom. The molecule has 1 heterocycles. The van der Waals surface area contributed by atoms with E-state index in [0.717, 1.165) is 17.1 Å². The molecule has 0 aliphatic rings. The monoisotopic (exact) mass is 267 g/mol. The molecule has 106 valence electrons. The zero-order valence-electron chi connectivity index (χ0n) is 12.0. The van der Waals surface area contributed by atoms with Gasteiger partial charge in [0.05, 0.1) is 17.1 Å². The number of amides is 3. The van der Waals surface area contributed by atoms with E-state index >= 15 is 0 Å². The molecule has 1 unspecified atom stereocenters. The lowest BCUT2D eigenvalue weighted by Gasteiger charge is -2.15. The second kappa shape index (κ2) is 6.21. The summed E-state index contributed by atoms with van der Waals surface area (Å²) in [6.45, 7) is 7.73. The number of imide groups is 1. The molecule has 0 aromatic carbocycles. The van der Waals surface area contributed by atoms with Crippen molar-refractivity contribution in [1.82, 2.24) is 20.4 Å². The van der Waals surface area contributed by atoms with E-state index in [1.54, 1.807) is 18.5 Å². The van der Waals surface area contributed by atoms with Crippen molar-refractivity contribution < 1.29 is 9.59 Å². The van der Waals surface area contributed by atoms with Gasteiger partial charge in [0.25, 0.3) is 0 Å². The molecule has 0 radical (unpaired) electrons. The fourth-order valence-electron chi connectivity index (χ4n) is 1.69. The number of aromatic nitrogens is 2. The average molecular weight is 267 g/mol. The maximum absolute atomic E-state index is 11.8. The Morgan fingerprint density at radius 3 is 2.47 bits per heavy atom. The number of nitrogens with one attached hydrogen (secondary N) is 3. The standard InChI is InChI=1S/C12H21N5O2/c1-6-13-12(19)15-11(18)8(3)14-10-7(2)16-17(5)9(10)4/h8,14H,6H2,1-5H3,(H2,13,15,18,19). The molecule has 7 nitrogen and oxygen atoms in total. The van der Waals surface area contributed by atoms with Gasteiger partial charge in [-0.25, -0.2) is 4.79 Å². The Labute approximate surface area is 112 Å². The number of hydrogen-bond acceptors (Lipinski definition) is 4. The highest BCUT2D eigenvalue weighted by molar-refractivity contribution is 5.98. The summed E-state index contributed by atoms with van der Waals surface area (Å²) in [5.74, 6) is -0.381. The molecule has 0 aliphatic carbocycles. The Bertz CT molecular complexity index is 481. The summed E-state index contributed by atoms with van der Waals surface area (Å²) in [4.78, 5) is 23.1. The first-order valence-electron chi connectivity index (χ1n) is 6.22. The molecule has 0 bridgehead atoms. The second-order valence-corrected chi connectivity index (χ2v) is 4.38. The third-order valence-corrected chi connectivity index (χ3v) is 2.84. The highest BCUT2D eigenvalue weighted by atomic mass is 16.2. The number of carbonyl (C=O) groups is 2. The van der Waals surface area contributed by atoms with Crippen LogP contribution in [0.5, 0.6) is 0 Å². The third kappa shape index (κ3) is 3.70. The van der Waals surface area contributed by atoms with Gasteiger partial charge in [0.2, 0.25) is 5.91 Å². The normalized spacial score (nSPS) is 11.8. The van der Waals surface area contributed by atoms with Gasteiger partial charge < -0.3 is 10.6 Å². The first-order chi connectivity index (χ1) is 8.86. The number of urea groups is 1. The minimum Gasteiger partial charge on any atom is -0.371 e. The van der Waals surface area contributed by atoms with Gasteiger partial charge in [0.15, 0.2) is 0 Å². The third-order valence-electron chi connectivity index (χ3n) is 2.84. The lowest BCUT2D eigenvalue weighted by atomic mass is 10.2. The van der Waals surface area contributed by atoms with Gasteiger partial charge in [0.1, 0.15) is 6.04 Å². The average Bonchev–Trinajstić information content (AvgIpc) is 2.56. The van der Waals surface area contributed by atoms with Gasteiger partial charge >= 0.3 is 6.03 Å². The molecule has 0 saturated heterocycles. The second-order valence-electron chi connectivity index (χ2n) is 4.38. The predicted molar refractivity (Wildman–Crippen MR) is 73.0 cm³/mol. The van der Waals surface area contributed by atoms with Crippen LogP contribution in [0.1, 0.15) is 25.2 Å². The largest absolute Gasteiger partial charge is 0.371 e. The van der Waals surface area contributed by atoms with Crippen LogP contribution < -0.4 is 16.0 Å². The van der Waals surface area contributed by atoms with Crippen LogP contribution in [0.2, 0.25) is 0 Å². The van der Waals surface area contributed by atoms with E-state index in [-0.39, 0.29) is 5.91 Å². The molecular formula is C12H21N5O2. The lowest BCUT2D eigenvalue weighted by molar-refractivity contribution is -0.120. The summed E-state index contributed by atoms with van der Waals surface area (Å²) >= 11 is 0. The Morgan fingerprint density at radius 2 is 2.00 bits per heavy atom. The van der Waals surface area contributed by atoms with Gasteiger partial charge in [0, 0.05) is 13.6 Å². The van der Waals surface area contributed by atoms with Crippen LogP contribution in [0.4, 0.5) is 10.5 Å². The fourth-order valence-corrected chi connectivity index (χ4v) is 1.69. The van der Waals surface area contributed by atoms with E-state index in [1.807, 2.05) is 20.9 Å². The minimum absolute atomic E-state index is 0.381. The Kier molecular flexibility index (Phi) is 4.91. The van der Waals surface area contributed by atoms with Crippen molar-refractivity contribution in [3.05, 3.63) is 11.4 Å². The van der Waals surface area contributed by atoms with Crippen molar-refractivity contribution in [1.29, 1.82) is 0 Å². The highest BCUT2D eigenvalue weighted by Gasteiger charge is 2.18. The predicted octanol–water partition coefficient (Wildman–Crippen LogP) is 0.683. The highest BCUT2D eigenvalue weighted by Crippen LogP contribution is 2.19. The first-order valence-corrected chi connectivity index (χ1v) is 6.22. The summed E-state index contributed by atoms with van der Waals surface area (Å²) < 4.78 is 1.74. The minimum atomic E-state index is -0.524. The van der Waals surface area contributed by atoms with Gasteiger partial charge in [-0.1, -0.05) is 0 Å². The van der Waals surface area contributed by atoms with Crippen molar-refractivity contribution in [2.24, 2.45) is 7.05 Å². The Hall–Kier alpha value is -2.05. The van der Waals surface area contributed by atoms with E-state index in [0.29, 0.717) is 6.54 Å². The van der Waals surface area contributed by atoms with Crippen LogP contribution in [0, 0.1) is 13.8 Å². The van der Waals surface area contributed by atoms with Crippen LogP contribution in [-0.4, -0.2) is 34.3 Å². The van der Waals surface area contributed by atoms with E-state index < -0.39 is 12.1 Å². The molecule has 1 aromatic rings. The zero-order chi connectivity index (χ0) is 14.6. The van der Waals surface area contributed by atoms with E-state index in [2.05, 4.69) is 21.0 Å². The summed E-state index contributed by atoms with van der Waals surface area (Å²) in [5.41, 5.74) is 2.58. The first kappa shape index (κ1) is 15.0. The van der Waals surface area contributed by atoms with Crippen LogP contribution >= 0.6 is 0 Å². The van der Waals surface area contributed by atoms with Gasteiger partial charge in [-0.2, -0.15) is 5.10 Å². The van der Waals surface area contributed by atoms with Crippen molar-refractivity contribution in [2.45, 2.75) is 33.7 Å². The molecule has 1 aromatic heterocycles. The van der Waals surface area contributed by atoms with E-state index in [9.17, 15) is 9.59 Å². The SMILES string of the molecule is CCNC(=O)NC(=O)C(C)Nc1c(C)nn(C)c1C. The summed E-state index contributed by atoms with van der Waals surface area (Å²) in [6.07, 6.45) is 0. The Balaban J connectivity index is 2.66. The summed E-state index contributed by atoms with van der Waals surface area (Å²) in [7, 11) is 1.84. The number of carbonyl (C=O) groups excluding carboxylic acids is 2. The van der Waals surface area contributed by atoms with Gasteiger partial charge in [-0.05, 0) is 27.7 Å². The molecule has 0 spiro atoms. The van der Waals surface area contributed by atoms with Crippen LogP contribution in [0.25, 0.3) is 0 Å². The van der Waals surface area contributed by atoms with E-state index in [4.69, 9.17) is 0 Å². The molecule has 3 amide bonds. The number of anilines is 1. The molecule has 7 heteroatoms. The molecule has 0 fully saturated rings. The van der Waals surface area contributed by atoms with Gasteiger partial charge in [-0.3, -0.25) is 14.8 Å². The molecule has 1 rings (SSSR count). The molecule has 0 aliphatic heterocycles. The maximum atomic E-state index is 11.8. The summed E-state index contributed by atoms with van der Waals surface area (Å²) in [6, 6.07) is -1.01. The van der Waals surface area contributed by atoms with Crippen LogP contribution in [0.3, 0.4) is 0 Å². The van der Waals surface area contributed by atoms with Crippen molar-refractivity contribution in [3.63, 3.8) is 0 Å². The topological polar surface area (TPSA) is 88.1 Å². The van der Waals surface area contributed by atoms with Crippen molar-refractivity contribution in [2.75, 3.05) is 11.9 Å². The van der Waals surface area contributed by atoms with Crippen molar-refractivity contribution >= 4 is 17.6 Å². The number of hydrogen-bond donors (Lipinski definition) is 3. The maximum Gasteiger partial charge on any atom is 0.321 e. The quantitative estimate of drug-likeness (QED) is 0.748. The van der Waals surface area contributed by atoms with E-state index in [1.165, 1.54) is 0 Å². The molecule has 1 atom stereocenters. The lowest BCUT2D eigenvalue weighted by Crippen LogP contribution is -2.45. The number of nitrogens with zero attached hydrogens (tertiary/aromatic N) is 2. The smallest absolute Gasteiger partial charge is 0.321 e. The molecule has 3 N–H and O–H groups in total. The van der Waals surface area contributed by atoms with Gasteiger partial charge in [-0.15, -0.1) is 0 Å². The molecular weight excluding hydrogens is 246 g/mol. The fraction of sp³-hybridized carbons (Fsp3) is 0.583. The van der Waals surface area contributed by atoms with Crippen molar-refractivity contribution in [3.8, 4) is 0 Å². The van der Waals surface area contributed by atoms with Crippen LogP contribution in [-0.2, 0) is 11.8 Å². The van der Waals surface area contributed by atoms with Crippen LogP contribution in [0.15, 0.2) is 0 Å². The summed E-state index contributed by atoms with van der Waals surface area (Å²) in [5, 5.41) is 12.1. The molecule has 0 saturated carbocycles. The number of aryl methyl sites for hydroxylation is 2. The number of rotatable bonds is 4. The molecule has 19 heavy (non-hydrogen) atoms. The zero-order valence-corrected chi connectivity index (χ0v) is 12.0.